The molecular weight excluding hydrogens is 380 g/mol. The van der Waals surface area contributed by atoms with Crippen LogP contribution in [0.5, 0.6) is 5.75 Å². The lowest BCUT2D eigenvalue weighted by molar-refractivity contribution is 0.410. The van der Waals surface area contributed by atoms with E-state index in [9.17, 15) is 0 Å². The minimum atomic E-state index is 0.560. The molecule has 30 heavy (non-hydrogen) atoms. The molecular formula is C21H18N8O. The standard InChI is InChI=1S/C21H18N8O/c1-30-18-5-3-2-4-16(18)12-22-19-11-10-17(21-26-23-13-29(19)21)14-6-8-15(9-7-14)20-24-27-28-25-20/h2-11,13,22H,12H2,1H3,(H,24,25,27,28). The highest BCUT2D eigenvalue weighted by Gasteiger charge is 2.11. The number of hydrogen-bond donors (Lipinski definition) is 2. The van der Waals surface area contributed by atoms with E-state index in [-0.39, 0.29) is 0 Å². The second-order valence-corrected chi connectivity index (χ2v) is 6.63. The zero-order valence-corrected chi connectivity index (χ0v) is 16.1. The van der Waals surface area contributed by atoms with Gasteiger partial charge in [-0.3, -0.25) is 4.40 Å². The Balaban J connectivity index is 1.44. The summed E-state index contributed by atoms with van der Waals surface area (Å²) in [6.07, 6.45) is 1.71. The number of para-hydroxylation sites is 1. The van der Waals surface area contributed by atoms with Crippen molar-refractivity contribution in [2.24, 2.45) is 0 Å². The lowest BCUT2D eigenvalue weighted by Crippen LogP contribution is -2.05. The summed E-state index contributed by atoms with van der Waals surface area (Å²) in [6.45, 7) is 0.621. The number of anilines is 1. The second kappa shape index (κ2) is 7.63. The van der Waals surface area contributed by atoms with Gasteiger partial charge in [0.1, 0.15) is 17.9 Å². The number of nitrogens with one attached hydrogen (secondary N) is 2. The van der Waals surface area contributed by atoms with E-state index in [2.05, 4.69) is 36.1 Å². The van der Waals surface area contributed by atoms with Crippen molar-refractivity contribution in [3.05, 3.63) is 72.6 Å². The maximum atomic E-state index is 5.43. The van der Waals surface area contributed by atoms with E-state index in [1.807, 2.05) is 65.1 Å². The molecule has 3 heterocycles. The van der Waals surface area contributed by atoms with Crippen molar-refractivity contribution in [3.8, 4) is 28.3 Å². The summed E-state index contributed by atoms with van der Waals surface area (Å²) >= 11 is 0. The van der Waals surface area contributed by atoms with E-state index in [1.165, 1.54) is 0 Å². The van der Waals surface area contributed by atoms with Gasteiger partial charge >= 0.3 is 0 Å². The van der Waals surface area contributed by atoms with Crippen molar-refractivity contribution in [1.82, 2.24) is 35.2 Å². The number of H-pyrrole nitrogens is 1. The first kappa shape index (κ1) is 17.8. The molecule has 5 aromatic rings. The number of fused-ring (bicyclic) bond motifs is 1. The van der Waals surface area contributed by atoms with Gasteiger partial charge in [0, 0.05) is 23.2 Å². The van der Waals surface area contributed by atoms with Crippen molar-refractivity contribution in [3.63, 3.8) is 0 Å². The molecule has 0 saturated heterocycles. The molecule has 3 aromatic heterocycles. The van der Waals surface area contributed by atoms with E-state index in [0.717, 1.165) is 39.5 Å². The Morgan fingerprint density at radius 2 is 1.80 bits per heavy atom. The molecule has 9 heteroatoms. The van der Waals surface area contributed by atoms with Crippen LogP contribution in [0.2, 0.25) is 0 Å². The first-order chi connectivity index (χ1) is 14.8. The minimum Gasteiger partial charge on any atom is -0.496 e. The molecule has 0 spiro atoms. The smallest absolute Gasteiger partial charge is 0.204 e. The molecule has 0 aliphatic rings. The highest BCUT2D eigenvalue weighted by Crippen LogP contribution is 2.28. The van der Waals surface area contributed by atoms with Crippen molar-refractivity contribution in [2.45, 2.75) is 6.54 Å². The maximum Gasteiger partial charge on any atom is 0.204 e. The fraction of sp³-hybridized carbons (Fsp3) is 0.0952. The summed E-state index contributed by atoms with van der Waals surface area (Å²) in [5, 5.41) is 26.0. The lowest BCUT2D eigenvalue weighted by atomic mass is 10.0. The highest BCUT2D eigenvalue weighted by molar-refractivity contribution is 5.80. The number of aromatic nitrogens is 7. The summed E-state index contributed by atoms with van der Waals surface area (Å²) in [4.78, 5) is 0. The molecule has 0 unspecified atom stereocenters. The van der Waals surface area contributed by atoms with Gasteiger partial charge in [-0.1, -0.05) is 42.5 Å². The zero-order valence-electron chi connectivity index (χ0n) is 16.1. The van der Waals surface area contributed by atoms with Gasteiger partial charge in [-0.2, -0.15) is 5.21 Å². The van der Waals surface area contributed by atoms with Gasteiger partial charge < -0.3 is 10.1 Å². The van der Waals surface area contributed by atoms with Crippen molar-refractivity contribution in [1.29, 1.82) is 0 Å². The van der Waals surface area contributed by atoms with Gasteiger partial charge in [0.2, 0.25) is 5.82 Å². The van der Waals surface area contributed by atoms with Crippen LogP contribution in [0.15, 0.2) is 67.0 Å². The maximum absolute atomic E-state index is 5.43. The van der Waals surface area contributed by atoms with Gasteiger partial charge in [-0.15, -0.1) is 20.4 Å². The average molecular weight is 398 g/mol. The van der Waals surface area contributed by atoms with Gasteiger partial charge in [0.25, 0.3) is 0 Å². The van der Waals surface area contributed by atoms with Crippen LogP contribution in [0.3, 0.4) is 0 Å². The quantitative estimate of drug-likeness (QED) is 0.452. The number of tetrazole rings is 1. The number of hydrogen-bond acceptors (Lipinski definition) is 7. The minimum absolute atomic E-state index is 0.560. The molecule has 148 valence electrons. The SMILES string of the molecule is COc1ccccc1CNc1ccc(-c2ccc(-c3nn[nH]n3)cc2)c2nncn12. The summed E-state index contributed by atoms with van der Waals surface area (Å²) in [6, 6.07) is 19.9. The fourth-order valence-corrected chi connectivity index (χ4v) is 3.40. The Morgan fingerprint density at radius 3 is 2.60 bits per heavy atom. The molecule has 2 aromatic carbocycles. The Labute approximate surface area is 171 Å². The van der Waals surface area contributed by atoms with Crippen LogP contribution >= 0.6 is 0 Å². The first-order valence-electron chi connectivity index (χ1n) is 9.36. The molecule has 0 aliphatic heterocycles. The molecule has 2 N–H and O–H groups in total. The number of pyridine rings is 1. The Bertz CT molecular complexity index is 1280. The van der Waals surface area contributed by atoms with E-state index >= 15 is 0 Å². The molecule has 0 radical (unpaired) electrons. The third-order valence-electron chi connectivity index (χ3n) is 4.91. The third-order valence-corrected chi connectivity index (χ3v) is 4.91. The van der Waals surface area contributed by atoms with Crippen LogP contribution in [-0.4, -0.2) is 42.3 Å². The topological polar surface area (TPSA) is 106 Å². The van der Waals surface area contributed by atoms with Crippen molar-refractivity contribution < 1.29 is 4.74 Å². The summed E-state index contributed by atoms with van der Waals surface area (Å²) in [5.74, 6) is 2.31. The number of benzene rings is 2. The molecule has 0 atom stereocenters. The zero-order chi connectivity index (χ0) is 20.3. The summed E-state index contributed by atoms with van der Waals surface area (Å²) in [7, 11) is 1.68. The average Bonchev–Trinajstić information content (AvgIpc) is 3.50. The van der Waals surface area contributed by atoms with Crippen LogP contribution in [0.25, 0.3) is 28.2 Å². The van der Waals surface area contributed by atoms with Crippen LogP contribution in [0, 0.1) is 0 Å². The first-order valence-corrected chi connectivity index (χ1v) is 9.36. The third kappa shape index (κ3) is 3.22. The van der Waals surface area contributed by atoms with Gasteiger partial charge in [-0.05, 0) is 29.0 Å². The summed E-state index contributed by atoms with van der Waals surface area (Å²) < 4.78 is 7.38. The van der Waals surface area contributed by atoms with E-state index < -0.39 is 0 Å². The predicted octanol–water partition coefficient (Wildman–Crippen LogP) is 3.20. The molecule has 0 bridgehead atoms. The molecule has 0 fully saturated rings. The van der Waals surface area contributed by atoms with Crippen molar-refractivity contribution >= 4 is 11.5 Å². The normalized spacial score (nSPS) is 11.0. The molecule has 5 rings (SSSR count). The van der Waals surface area contributed by atoms with Crippen LogP contribution < -0.4 is 10.1 Å². The van der Waals surface area contributed by atoms with E-state index in [1.54, 1.807) is 13.4 Å². The highest BCUT2D eigenvalue weighted by atomic mass is 16.5. The largest absolute Gasteiger partial charge is 0.496 e. The van der Waals surface area contributed by atoms with Gasteiger partial charge in [0.15, 0.2) is 5.65 Å². The van der Waals surface area contributed by atoms with E-state index in [4.69, 9.17) is 4.74 Å². The molecule has 9 nitrogen and oxygen atoms in total. The summed E-state index contributed by atoms with van der Waals surface area (Å²) in [5.41, 5.74) is 4.74. The lowest BCUT2D eigenvalue weighted by Gasteiger charge is -2.13. The number of aromatic amines is 1. The molecule has 0 saturated carbocycles. The van der Waals surface area contributed by atoms with Crippen LogP contribution in [0.1, 0.15) is 5.56 Å². The second-order valence-electron chi connectivity index (χ2n) is 6.63. The van der Waals surface area contributed by atoms with Crippen molar-refractivity contribution in [2.75, 3.05) is 12.4 Å². The predicted molar refractivity (Wildman–Crippen MR) is 112 cm³/mol. The Kier molecular flexibility index (Phi) is 4.53. The number of methoxy groups -OCH3 is 1. The van der Waals surface area contributed by atoms with Crippen LogP contribution in [0.4, 0.5) is 5.82 Å². The molecule has 0 amide bonds. The molecule has 0 aliphatic carbocycles. The Hall–Kier alpha value is -4.27. The van der Waals surface area contributed by atoms with Gasteiger partial charge in [0.05, 0.1) is 7.11 Å². The van der Waals surface area contributed by atoms with E-state index in [0.29, 0.717) is 12.4 Å². The van der Waals surface area contributed by atoms with Crippen LogP contribution in [-0.2, 0) is 6.54 Å². The number of rotatable bonds is 6. The monoisotopic (exact) mass is 398 g/mol. The van der Waals surface area contributed by atoms with Gasteiger partial charge in [-0.25, -0.2) is 0 Å². The fourth-order valence-electron chi connectivity index (χ4n) is 3.40. The Morgan fingerprint density at radius 1 is 0.967 bits per heavy atom. The number of ether oxygens (including phenoxy) is 1. The number of nitrogens with zero attached hydrogens (tertiary/aromatic N) is 6.